The molecule has 0 amide bonds. The fourth-order valence-corrected chi connectivity index (χ4v) is 1.30. The molecule has 1 aromatic heterocycles. The number of aromatic nitrogens is 4. The summed E-state index contributed by atoms with van der Waals surface area (Å²) in [5.74, 6) is 0.285. The van der Waals surface area contributed by atoms with E-state index >= 15 is 0 Å². The molecule has 0 fully saturated rings. The highest BCUT2D eigenvalue weighted by Gasteiger charge is 2.10. The predicted octanol–water partition coefficient (Wildman–Crippen LogP) is 1.79. The summed E-state index contributed by atoms with van der Waals surface area (Å²) in [6, 6.07) is 4.55. The Balaban J connectivity index is 2.30. The summed E-state index contributed by atoms with van der Waals surface area (Å²) in [5, 5.41) is 13.1. The number of rotatable bonds is 3. The maximum Gasteiger partial charge on any atom is 0.207 e. The summed E-state index contributed by atoms with van der Waals surface area (Å²) in [7, 11) is 0. The molecule has 0 radical (unpaired) electrons. The first-order chi connectivity index (χ1) is 7.66. The van der Waals surface area contributed by atoms with Crippen LogP contribution in [-0.4, -0.2) is 26.7 Å². The van der Waals surface area contributed by atoms with Crippen LogP contribution in [0, 0.1) is 5.82 Å². The van der Waals surface area contributed by atoms with Crippen molar-refractivity contribution in [2.24, 2.45) is 0 Å². The van der Waals surface area contributed by atoms with Gasteiger partial charge in [0.15, 0.2) is 0 Å². The van der Waals surface area contributed by atoms with Gasteiger partial charge in [-0.2, -0.15) is 5.21 Å². The average Bonchev–Trinajstić information content (AvgIpc) is 2.69. The Morgan fingerprint density at radius 1 is 1.38 bits per heavy atom. The number of nitrogens with zero attached hydrogens (tertiary/aromatic N) is 3. The van der Waals surface area contributed by atoms with Crippen molar-refractivity contribution in [1.82, 2.24) is 20.6 Å². The molecule has 0 aliphatic heterocycles. The molecule has 2 aromatic rings. The third-order valence-electron chi connectivity index (χ3n) is 1.90. The molecule has 0 saturated carbocycles. The second-order valence-electron chi connectivity index (χ2n) is 3.54. The van der Waals surface area contributed by atoms with Crippen LogP contribution >= 0.6 is 0 Å². The van der Waals surface area contributed by atoms with Crippen molar-refractivity contribution in [1.29, 1.82) is 0 Å². The highest BCUT2D eigenvalue weighted by Crippen LogP contribution is 2.23. The zero-order valence-electron chi connectivity index (χ0n) is 8.94. The Kier molecular flexibility index (Phi) is 2.80. The number of nitrogens with one attached hydrogen (secondary N) is 1. The second kappa shape index (κ2) is 4.26. The van der Waals surface area contributed by atoms with Gasteiger partial charge in [-0.25, -0.2) is 4.39 Å². The smallest absolute Gasteiger partial charge is 0.207 e. The van der Waals surface area contributed by atoms with E-state index < -0.39 is 5.82 Å². The summed E-state index contributed by atoms with van der Waals surface area (Å²) in [4.78, 5) is 0. The lowest BCUT2D eigenvalue weighted by atomic mass is 10.2. The van der Waals surface area contributed by atoms with Crippen molar-refractivity contribution >= 4 is 0 Å². The van der Waals surface area contributed by atoms with E-state index in [2.05, 4.69) is 20.6 Å². The minimum absolute atomic E-state index is 0.00965. The molecule has 1 N–H and O–H groups in total. The zero-order valence-corrected chi connectivity index (χ0v) is 8.94. The second-order valence-corrected chi connectivity index (χ2v) is 3.54. The van der Waals surface area contributed by atoms with Crippen LogP contribution in [0.1, 0.15) is 13.8 Å². The van der Waals surface area contributed by atoms with Crippen LogP contribution in [0.5, 0.6) is 5.75 Å². The summed E-state index contributed by atoms with van der Waals surface area (Å²) < 4.78 is 19.0. The summed E-state index contributed by atoms with van der Waals surface area (Å²) in [5.41, 5.74) is 0.296. The number of benzene rings is 1. The van der Waals surface area contributed by atoms with E-state index in [9.17, 15) is 4.39 Å². The number of aromatic amines is 1. The zero-order chi connectivity index (χ0) is 11.5. The quantitative estimate of drug-likeness (QED) is 0.859. The number of ether oxygens (including phenoxy) is 1. The van der Waals surface area contributed by atoms with Gasteiger partial charge in [0.1, 0.15) is 11.6 Å². The van der Waals surface area contributed by atoms with Crippen molar-refractivity contribution in [3.05, 3.63) is 24.0 Å². The van der Waals surface area contributed by atoms with Gasteiger partial charge < -0.3 is 4.74 Å². The molecule has 16 heavy (non-hydrogen) atoms. The number of hydrogen-bond acceptors (Lipinski definition) is 4. The van der Waals surface area contributed by atoms with Crippen LogP contribution < -0.4 is 4.74 Å². The number of hydrogen-bond donors (Lipinski definition) is 1. The third kappa shape index (κ3) is 2.16. The number of tetrazole rings is 1. The highest BCUT2D eigenvalue weighted by atomic mass is 19.1. The van der Waals surface area contributed by atoms with Gasteiger partial charge in [0.2, 0.25) is 5.82 Å². The SMILES string of the molecule is CC(C)Oc1ccc(-c2nn[nH]n2)c(F)c1. The standard InChI is InChI=1S/C10H11FN4O/c1-6(2)16-7-3-4-8(9(11)5-7)10-12-14-15-13-10/h3-6H,1-2H3,(H,12,13,14,15). The molecule has 1 aromatic carbocycles. The Morgan fingerprint density at radius 2 is 2.19 bits per heavy atom. The molecule has 0 saturated heterocycles. The van der Waals surface area contributed by atoms with Crippen molar-refractivity contribution in [2.75, 3.05) is 0 Å². The largest absolute Gasteiger partial charge is 0.491 e. The number of H-pyrrole nitrogens is 1. The molecule has 0 bridgehead atoms. The fourth-order valence-electron chi connectivity index (χ4n) is 1.30. The van der Waals surface area contributed by atoms with Gasteiger partial charge in [-0.15, -0.1) is 10.2 Å². The lowest BCUT2D eigenvalue weighted by Gasteiger charge is -2.09. The van der Waals surface area contributed by atoms with Gasteiger partial charge in [0.25, 0.3) is 0 Å². The summed E-state index contributed by atoms with van der Waals surface area (Å²) >= 11 is 0. The topological polar surface area (TPSA) is 63.7 Å². The molecule has 0 spiro atoms. The lowest BCUT2D eigenvalue weighted by molar-refractivity contribution is 0.241. The van der Waals surface area contributed by atoms with E-state index in [1.807, 2.05) is 13.8 Å². The minimum atomic E-state index is -0.431. The van der Waals surface area contributed by atoms with E-state index in [1.54, 1.807) is 12.1 Å². The van der Waals surface area contributed by atoms with Gasteiger partial charge >= 0.3 is 0 Å². The fraction of sp³-hybridized carbons (Fsp3) is 0.300. The highest BCUT2D eigenvalue weighted by molar-refractivity contribution is 5.56. The third-order valence-corrected chi connectivity index (χ3v) is 1.90. The molecule has 1 heterocycles. The van der Waals surface area contributed by atoms with Crippen molar-refractivity contribution < 1.29 is 9.13 Å². The van der Waals surface area contributed by atoms with Crippen molar-refractivity contribution in [3.8, 4) is 17.1 Å². The molecular weight excluding hydrogens is 211 g/mol. The van der Waals surface area contributed by atoms with Gasteiger partial charge in [0.05, 0.1) is 11.7 Å². The van der Waals surface area contributed by atoms with E-state index in [0.717, 1.165) is 0 Å². The van der Waals surface area contributed by atoms with Crippen LogP contribution in [0.25, 0.3) is 11.4 Å². The first kappa shape index (κ1) is 10.5. The molecule has 5 nitrogen and oxygen atoms in total. The van der Waals surface area contributed by atoms with E-state index in [4.69, 9.17) is 4.74 Å². The Bertz CT molecular complexity index is 470. The maximum absolute atomic E-state index is 13.7. The van der Waals surface area contributed by atoms with E-state index in [0.29, 0.717) is 11.3 Å². The van der Waals surface area contributed by atoms with Gasteiger partial charge in [-0.3, -0.25) is 0 Å². The Morgan fingerprint density at radius 3 is 2.75 bits per heavy atom. The summed E-state index contributed by atoms with van der Waals surface area (Å²) in [6.45, 7) is 3.76. The Labute approximate surface area is 91.6 Å². The van der Waals surface area contributed by atoms with Crippen LogP contribution in [0.2, 0.25) is 0 Å². The molecule has 0 aliphatic rings. The van der Waals surface area contributed by atoms with Gasteiger partial charge in [-0.05, 0) is 31.2 Å². The van der Waals surface area contributed by atoms with Gasteiger partial charge in [-0.1, -0.05) is 0 Å². The maximum atomic E-state index is 13.7. The van der Waals surface area contributed by atoms with Crippen LogP contribution in [0.4, 0.5) is 4.39 Å². The first-order valence-electron chi connectivity index (χ1n) is 4.87. The molecule has 0 unspecified atom stereocenters. The van der Waals surface area contributed by atoms with E-state index in [-0.39, 0.29) is 11.9 Å². The van der Waals surface area contributed by atoms with Gasteiger partial charge in [0, 0.05) is 6.07 Å². The van der Waals surface area contributed by atoms with Crippen LogP contribution in [0.3, 0.4) is 0 Å². The molecule has 0 aliphatic carbocycles. The Hall–Kier alpha value is -1.98. The van der Waals surface area contributed by atoms with Crippen molar-refractivity contribution in [2.45, 2.75) is 20.0 Å². The van der Waals surface area contributed by atoms with Crippen LogP contribution in [0.15, 0.2) is 18.2 Å². The normalized spacial score (nSPS) is 10.8. The molecular formula is C10H11FN4O. The monoisotopic (exact) mass is 222 g/mol. The average molecular weight is 222 g/mol. The molecule has 0 atom stereocenters. The van der Waals surface area contributed by atoms with Crippen LogP contribution in [-0.2, 0) is 0 Å². The predicted molar refractivity (Wildman–Crippen MR) is 55.3 cm³/mol. The first-order valence-corrected chi connectivity index (χ1v) is 4.87. The molecule has 2 rings (SSSR count). The minimum Gasteiger partial charge on any atom is -0.491 e. The molecule has 6 heteroatoms. The van der Waals surface area contributed by atoms with Crippen molar-refractivity contribution in [3.63, 3.8) is 0 Å². The molecule has 84 valence electrons. The lowest BCUT2D eigenvalue weighted by Crippen LogP contribution is -2.05. The van der Waals surface area contributed by atoms with E-state index in [1.165, 1.54) is 6.07 Å². The summed E-state index contributed by atoms with van der Waals surface area (Å²) in [6.07, 6.45) is 0.00965. The number of halogens is 1.